The van der Waals surface area contributed by atoms with Gasteiger partial charge in [0.15, 0.2) is 0 Å². The summed E-state index contributed by atoms with van der Waals surface area (Å²) in [7, 11) is 0. The van der Waals surface area contributed by atoms with E-state index in [4.69, 9.17) is 4.74 Å². The number of Topliss-reactive ketones (excluding diaryl/α,β-unsaturated/α-hetero) is 1. The molecule has 1 aromatic rings. The van der Waals surface area contributed by atoms with Crippen LogP contribution in [0.15, 0.2) is 24.3 Å². The van der Waals surface area contributed by atoms with Crippen molar-refractivity contribution < 1.29 is 22.7 Å². The Morgan fingerprint density at radius 2 is 1.78 bits per heavy atom. The third-order valence-electron chi connectivity index (χ3n) is 3.35. The van der Waals surface area contributed by atoms with Gasteiger partial charge in [-0.05, 0) is 38.1 Å². The smallest absolute Gasteiger partial charge is 0.416 e. The lowest BCUT2D eigenvalue weighted by molar-refractivity contribution is -0.148. The molecule has 98 valence electrons. The Kier molecular flexibility index (Phi) is 2.87. The van der Waals surface area contributed by atoms with E-state index < -0.39 is 17.2 Å². The van der Waals surface area contributed by atoms with Crippen LogP contribution in [0.5, 0.6) is 5.75 Å². The number of carbonyl (C=O) groups is 1. The Labute approximate surface area is 103 Å². The van der Waals surface area contributed by atoms with Crippen LogP contribution in [0.2, 0.25) is 0 Å². The Hall–Kier alpha value is -1.52. The number of hydrogen-bond acceptors (Lipinski definition) is 2. The van der Waals surface area contributed by atoms with Gasteiger partial charge in [0.1, 0.15) is 17.6 Å². The van der Waals surface area contributed by atoms with Crippen LogP contribution in [-0.4, -0.2) is 11.9 Å². The normalized spacial score (nSPS) is 22.5. The molecule has 18 heavy (non-hydrogen) atoms. The second kappa shape index (κ2) is 4.00. The topological polar surface area (TPSA) is 26.3 Å². The van der Waals surface area contributed by atoms with Crippen molar-refractivity contribution in [2.45, 2.75) is 32.5 Å². The van der Waals surface area contributed by atoms with E-state index in [2.05, 4.69) is 0 Å². The molecule has 2 rings (SSSR count). The zero-order valence-electron chi connectivity index (χ0n) is 10.0. The van der Waals surface area contributed by atoms with Crippen molar-refractivity contribution in [1.82, 2.24) is 0 Å². The SMILES string of the molecule is CC1(C)C(=O)CC1Oc1ccc(C(F)(F)F)cc1. The average molecular weight is 258 g/mol. The van der Waals surface area contributed by atoms with Gasteiger partial charge in [0.2, 0.25) is 0 Å². The van der Waals surface area contributed by atoms with E-state index in [1.165, 1.54) is 12.1 Å². The van der Waals surface area contributed by atoms with Crippen molar-refractivity contribution in [1.29, 1.82) is 0 Å². The molecule has 0 aromatic heterocycles. The minimum absolute atomic E-state index is 0.111. The first-order chi connectivity index (χ1) is 8.21. The fraction of sp³-hybridized carbons (Fsp3) is 0.462. The summed E-state index contributed by atoms with van der Waals surface area (Å²) in [6.45, 7) is 3.54. The van der Waals surface area contributed by atoms with E-state index >= 15 is 0 Å². The van der Waals surface area contributed by atoms with Crippen LogP contribution in [-0.2, 0) is 11.0 Å². The minimum atomic E-state index is -4.34. The molecule has 1 fully saturated rings. The molecule has 0 N–H and O–H groups in total. The van der Waals surface area contributed by atoms with Crippen molar-refractivity contribution >= 4 is 5.78 Å². The van der Waals surface area contributed by atoms with Crippen molar-refractivity contribution in [2.75, 3.05) is 0 Å². The van der Waals surface area contributed by atoms with Crippen LogP contribution < -0.4 is 4.74 Å². The Balaban J connectivity index is 2.06. The number of ketones is 1. The van der Waals surface area contributed by atoms with Crippen molar-refractivity contribution in [2.24, 2.45) is 5.41 Å². The van der Waals surface area contributed by atoms with Crippen molar-refractivity contribution in [3.63, 3.8) is 0 Å². The van der Waals surface area contributed by atoms with Gasteiger partial charge < -0.3 is 4.74 Å². The second-order valence-electron chi connectivity index (χ2n) is 4.98. The van der Waals surface area contributed by atoms with Crippen LogP contribution in [0.3, 0.4) is 0 Å². The van der Waals surface area contributed by atoms with Gasteiger partial charge in [-0.3, -0.25) is 4.79 Å². The van der Waals surface area contributed by atoms with Crippen LogP contribution in [0.4, 0.5) is 13.2 Å². The zero-order valence-corrected chi connectivity index (χ0v) is 10.0. The molecule has 1 saturated carbocycles. The molecular weight excluding hydrogens is 245 g/mol. The summed E-state index contributed by atoms with van der Waals surface area (Å²) >= 11 is 0. The third-order valence-corrected chi connectivity index (χ3v) is 3.35. The molecule has 0 amide bonds. The van der Waals surface area contributed by atoms with Gasteiger partial charge in [-0.25, -0.2) is 0 Å². The van der Waals surface area contributed by atoms with Gasteiger partial charge in [-0.15, -0.1) is 0 Å². The number of halogens is 3. The summed E-state index contributed by atoms with van der Waals surface area (Å²) in [5.41, 5.74) is -1.26. The molecule has 0 heterocycles. The number of carbonyl (C=O) groups excluding carboxylic acids is 1. The molecule has 5 heteroatoms. The van der Waals surface area contributed by atoms with Crippen LogP contribution in [0.1, 0.15) is 25.8 Å². The van der Waals surface area contributed by atoms with Gasteiger partial charge in [-0.2, -0.15) is 13.2 Å². The molecule has 0 spiro atoms. The monoisotopic (exact) mass is 258 g/mol. The fourth-order valence-electron chi connectivity index (χ4n) is 1.81. The maximum Gasteiger partial charge on any atom is 0.416 e. The number of rotatable bonds is 2. The summed E-state index contributed by atoms with van der Waals surface area (Å²) in [6, 6.07) is 4.51. The molecule has 1 aliphatic rings. The third kappa shape index (κ3) is 2.21. The molecular formula is C13H13F3O2. The van der Waals surface area contributed by atoms with E-state index in [1.807, 2.05) is 0 Å². The molecule has 0 radical (unpaired) electrons. The first-order valence-electron chi connectivity index (χ1n) is 5.58. The van der Waals surface area contributed by atoms with Crippen LogP contribution >= 0.6 is 0 Å². The van der Waals surface area contributed by atoms with Crippen LogP contribution in [0, 0.1) is 5.41 Å². The van der Waals surface area contributed by atoms with Gasteiger partial charge in [-0.1, -0.05) is 0 Å². The van der Waals surface area contributed by atoms with Gasteiger partial charge >= 0.3 is 6.18 Å². The number of alkyl halides is 3. The molecule has 0 aliphatic heterocycles. The highest BCUT2D eigenvalue weighted by Gasteiger charge is 2.49. The summed E-state index contributed by atoms with van der Waals surface area (Å²) in [5, 5.41) is 0. The summed E-state index contributed by atoms with van der Waals surface area (Å²) < 4.78 is 42.6. The summed E-state index contributed by atoms with van der Waals surface area (Å²) in [5.74, 6) is 0.466. The highest BCUT2D eigenvalue weighted by Crippen LogP contribution is 2.39. The minimum Gasteiger partial charge on any atom is -0.489 e. The van der Waals surface area contributed by atoms with E-state index in [0.717, 1.165) is 12.1 Å². The lowest BCUT2D eigenvalue weighted by Gasteiger charge is -2.41. The summed E-state index contributed by atoms with van der Waals surface area (Å²) in [4.78, 5) is 11.3. The molecule has 1 atom stereocenters. The van der Waals surface area contributed by atoms with Crippen molar-refractivity contribution in [3.05, 3.63) is 29.8 Å². The molecule has 0 saturated heterocycles. The van der Waals surface area contributed by atoms with E-state index in [0.29, 0.717) is 12.2 Å². The van der Waals surface area contributed by atoms with E-state index in [-0.39, 0.29) is 11.9 Å². The quantitative estimate of drug-likeness (QED) is 0.812. The average Bonchev–Trinajstić information content (AvgIpc) is 2.28. The number of ether oxygens (including phenoxy) is 1. The Bertz CT molecular complexity index is 460. The van der Waals surface area contributed by atoms with E-state index in [9.17, 15) is 18.0 Å². The number of benzene rings is 1. The van der Waals surface area contributed by atoms with Crippen molar-refractivity contribution in [3.8, 4) is 5.75 Å². The highest BCUT2D eigenvalue weighted by atomic mass is 19.4. The molecule has 2 nitrogen and oxygen atoms in total. The second-order valence-corrected chi connectivity index (χ2v) is 4.98. The highest BCUT2D eigenvalue weighted by molar-refractivity contribution is 5.91. The van der Waals surface area contributed by atoms with E-state index in [1.54, 1.807) is 13.8 Å². The lowest BCUT2D eigenvalue weighted by Crippen LogP contribution is -2.52. The Morgan fingerprint density at radius 1 is 1.22 bits per heavy atom. The lowest BCUT2D eigenvalue weighted by atomic mass is 9.68. The fourth-order valence-corrected chi connectivity index (χ4v) is 1.81. The maximum absolute atomic E-state index is 12.3. The predicted molar refractivity (Wildman–Crippen MR) is 59.3 cm³/mol. The Morgan fingerprint density at radius 3 is 2.17 bits per heavy atom. The molecule has 1 unspecified atom stereocenters. The maximum atomic E-state index is 12.3. The molecule has 0 bridgehead atoms. The standard InChI is InChI=1S/C13H13F3O2/c1-12(2)10(17)7-11(12)18-9-5-3-8(4-6-9)13(14,15)16/h3-6,11H,7H2,1-2H3. The van der Waals surface area contributed by atoms with Crippen LogP contribution in [0.25, 0.3) is 0 Å². The predicted octanol–water partition coefficient (Wildman–Crippen LogP) is 3.45. The number of hydrogen-bond donors (Lipinski definition) is 0. The van der Waals surface area contributed by atoms with Gasteiger partial charge in [0.05, 0.1) is 11.0 Å². The first kappa shape index (κ1) is 12.9. The zero-order chi connectivity index (χ0) is 13.6. The van der Waals surface area contributed by atoms with Gasteiger partial charge in [0.25, 0.3) is 0 Å². The molecule has 1 aliphatic carbocycles. The van der Waals surface area contributed by atoms with Gasteiger partial charge in [0, 0.05) is 6.42 Å². The first-order valence-corrected chi connectivity index (χ1v) is 5.58. The molecule has 1 aromatic carbocycles. The summed E-state index contributed by atoms with van der Waals surface area (Å²) in [6.07, 6.45) is -4.29. The largest absolute Gasteiger partial charge is 0.489 e.